The second-order valence-corrected chi connectivity index (χ2v) is 30.5. The number of hydrogen-bond acceptors (Lipinski definition) is 24. The normalized spacial score (nSPS) is 12.3. The van der Waals surface area contributed by atoms with Crippen LogP contribution in [0.15, 0.2) is 0 Å². The second kappa shape index (κ2) is 47.5. The summed E-state index contributed by atoms with van der Waals surface area (Å²) < 4.78 is 94.9. The Morgan fingerprint density at radius 2 is 0.455 bits per heavy atom. The van der Waals surface area contributed by atoms with Gasteiger partial charge in [0.2, 0.25) is 8.76 Å². The molecule has 0 aromatic carbocycles. The van der Waals surface area contributed by atoms with Crippen molar-refractivity contribution in [3.63, 3.8) is 0 Å². The first-order valence-corrected chi connectivity index (χ1v) is 28.1. The van der Waals surface area contributed by atoms with Gasteiger partial charge >= 0.3 is 385 Å². The molecule has 0 heterocycles. The standard InChI is InChI=1S/C8H20N4O6P2.2CH8O12P4.12Na/c9-1-3-11(7-19(13,14)15)5-6-12(4-2-10)8-20(16,17)18;2*2-14(3,4)1(15(5,6)7,16(8,9)10)17(11,12)13;;;;;;;;;;;;/h1-8H2,(H2,13,14,15)(H2,16,17,18);2*(H2,2,3,4)(H2,5,6,7)(H2,8,9,10)(H2,11,12,13);;;;;;;;;;;;/q;;;12*+1/p-12. The molecule has 0 rings (SSSR count). The summed E-state index contributed by atoms with van der Waals surface area (Å²) >= 11 is 0. The molecule has 0 aromatic rings. The van der Waals surface area contributed by atoms with Crippen molar-refractivity contribution < 1.29 is 498 Å². The first-order valence-electron chi connectivity index (χ1n) is 12.1. The molecule has 56 heteroatoms. The quantitative estimate of drug-likeness (QED) is 0.0440. The molecule has 0 aliphatic carbocycles. The Morgan fingerprint density at radius 3 is 0.515 bits per heavy atom. The fourth-order valence-electron chi connectivity index (χ4n) is 3.48. The van der Waals surface area contributed by atoms with Crippen LogP contribution < -0.4 is 425 Å². The van der Waals surface area contributed by atoms with E-state index in [9.17, 15) is 104 Å². The van der Waals surface area contributed by atoms with Crippen molar-refractivity contribution in [3.8, 4) is 0 Å². The first kappa shape index (κ1) is 118. The molecule has 4 radical (unpaired) electrons. The van der Waals surface area contributed by atoms with Crippen LogP contribution in [0.25, 0.3) is 0 Å². The van der Waals surface area contributed by atoms with Crippen molar-refractivity contribution >= 4 is 76.0 Å². The zero-order valence-corrected chi connectivity index (χ0v) is 70.4. The Morgan fingerprint density at radius 1 is 0.318 bits per heavy atom. The summed E-state index contributed by atoms with van der Waals surface area (Å²) in [5, 5.41) is 0. The Kier molecular flexibility index (Phi) is 84.6. The van der Waals surface area contributed by atoms with Crippen LogP contribution in [0.4, 0.5) is 0 Å². The van der Waals surface area contributed by atoms with E-state index in [-0.39, 0.29) is 394 Å². The summed E-state index contributed by atoms with van der Waals surface area (Å²) in [6, 6.07) is 0. The monoisotopic (exact) mass is 1270 g/mol. The molecule has 0 aliphatic rings. The number of hydrogen-bond donors (Lipinski definition) is 8. The fourth-order valence-corrected chi connectivity index (χ4v) is 20.3. The maximum atomic E-state index is 10.7. The van der Waals surface area contributed by atoms with Crippen LogP contribution in [-0.4, -0.2) is 110 Å². The van der Waals surface area contributed by atoms with E-state index in [1.165, 1.54) is 0 Å². The van der Waals surface area contributed by atoms with Gasteiger partial charge in [0.05, 0.1) is 0 Å². The van der Waals surface area contributed by atoms with Crippen molar-refractivity contribution in [1.82, 2.24) is 21.3 Å². The van der Waals surface area contributed by atoms with Crippen molar-refractivity contribution in [3.05, 3.63) is 0 Å². The van der Waals surface area contributed by atoms with Crippen molar-refractivity contribution in [2.75, 3.05) is 51.8 Å². The number of rotatable bonds is 19. The van der Waals surface area contributed by atoms with Crippen molar-refractivity contribution in [2.24, 2.45) is 0 Å². The zero-order chi connectivity index (χ0) is 44.8. The third-order valence-electron chi connectivity index (χ3n) is 5.34. The molecule has 0 aliphatic heterocycles. The van der Waals surface area contributed by atoms with Gasteiger partial charge in [-0.3, -0.25) is 28.1 Å². The summed E-state index contributed by atoms with van der Waals surface area (Å²) in [6.45, 7) is -0.963. The van der Waals surface area contributed by atoms with Crippen molar-refractivity contribution in [2.45, 2.75) is 8.76 Å². The summed E-state index contributed by atoms with van der Waals surface area (Å²) in [7, 11) is -65.6. The Bertz CT molecular complexity index is 1460. The van der Waals surface area contributed by atoms with Crippen molar-refractivity contribution in [1.29, 1.82) is 0 Å². The van der Waals surface area contributed by atoms with Crippen LogP contribution in [0.1, 0.15) is 0 Å². The van der Waals surface area contributed by atoms with Gasteiger partial charge in [-0.05, 0) is 30.4 Å². The van der Waals surface area contributed by atoms with E-state index < -0.39 is 97.3 Å². The van der Waals surface area contributed by atoms with E-state index in [0.29, 0.717) is 0 Å². The SMILES string of the molecule is O=P([O-])([O-])C(P(=O)([O-])[O-])(P(=O)(O)O)P(=O)(O)O.O=P([O-])([O-])C(P(=O)([O-])[O-])(P(=O)(O)O)P(=O)(O)O.[N]CCN(CCN(CC[N])CP(=O)([O-])[O-])CP(=O)([O-])[O-].[Na+].[Na+].[Na+].[Na+].[Na+].[Na+].[Na+].[Na+].[Na+].[Na+].[Na+].[Na+]. The first-order chi connectivity index (χ1) is 23.1. The molecule has 0 bridgehead atoms. The van der Waals surface area contributed by atoms with Gasteiger partial charge in [0.15, 0.2) is 0 Å². The van der Waals surface area contributed by atoms with Gasteiger partial charge in [0, 0.05) is 51.8 Å². The van der Waals surface area contributed by atoms with Crippen LogP contribution in [0.3, 0.4) is 0 Å². The molecule has 326 valence electrons. The predicted octanol–water partition coefficient (Wildman–Crippen LogP) is -48.9. The fraction of sp³-hybridized carbons (Fsp3) is 1.00. The van der Waals surface area contributed by atoms with Gasteiger partial charge in [0.1, 0.15) is 0 Å². The summed E-state index contributed by atoms with van der Waals surface area (Å²) in [4.78, 5) is 196. The maximum Gasteiger partial charge on any atom is 1.00 e. The molecule has 0 saturated heterocycles. The molecule has 66 heavy (non-hydrogen) atoms. The van der Waals surface area contributed by atoms with Gasteiger partial charge in [-0.1, -0.05) is 15.2 Å². The molecular formula is C10H24N4Na12O30P10. The van der Waals surface area contributed by atoms with Crippen LogP contribution >= 0.6 is 76.0 Å². The maximum absolute atomic E-state index is 10.7. The Labute approximate surface area is 642 Å². The third-order valence-corrected chi connectivity index (χ3v) is 31.1. The third kappa shape index (κ3) is 39.9. The summed E-state index contributed by atoms with van der Waals surface area (Å²) in [6.07, 6.45) is -1.60. The smallest absolute Gasteiger partial charge is 0.810 e. The van der Waals surface area contributed by atoms with E-state index in [0.717, 1.165) is 9.80 Å². The summed E-state index contributed by atoms with van der Waals surface area (Å²) in [5.74, 6) is 0. The van der Waals surface area contributed by atoms with Crippen LogP contribution in [0.5, 0.6) is 0 Å². The number of nitrogens with zero attached hydrogens (tertiary/aromatic N) is 4. The van der Waals surface area contributed by atoms with Gasteiger partial charge in [-0.15, -0.1) is 11.5 Å². The topological polar surface area (TPSA) is 660 Å². The molecule has 0 aromatic heterocycles. The van der Waals surface area contributed by atoms with E-state index in [4.69, 9.17) is 50.6 Å². The molecule has 8 N–H and O–H groups in total. The molecule has 34 nitrogen and oxygen atoms in total. The molecule has 0 amide bonds. The van der Waals surface area contributed by atoms with E-state index in [1.54, 1.807) is 0 Å². The molecule has 0 spiro atoms. The largest absolute Gasteiger partial charge is 1.00 e. The van der Waals surface area contributed by atoms with E-state index in [1.807, 2.05) is 0 Å². The minimum Gasteiger partial charge on any atom is -0.810 e. The van der Waals surface area contributed by atoms with Gasteiger partial charge in [0.25, 0.3) is 0 Å². The van der Waals surface area contributed by atoms with Crippen LogP contribution in [-0.2, 0) is 45.7 Å². The Hall–Kier alpha value is 13.3. The van der Waals surface area contributed by atoms with Gasteiger partial charge in [-0.25, -0.2) is 0 Å². The zero-order valence-electron chi connectivity index (χ0n) is 37.5. The molecule has 0 fully saturated rings. The molecular weight excluding hydrogens is 1240 g/mol. The summed E-state index contributed by atoms with van der Waals surface area (Å²) in [5.41, 5.74) is 17.5. The van der Waals surface area contributed by atoms with E-state index >= 15 is 0 Å². The minimum absolute atomic E-state index is 0. The average molecular weight is 1270 g/mol. The molecule has 0 saturated carbocycles. The van der Waals surface area contributed by atoms with E-state index in [2.05, 4.69) is 0 Å². The Balaban J connectivity index is -0.0000000418. The predicted molar refractivity (Wildman–Crippen MR) is 146 cm³/mol. The molecule has 0 unspecified atom stereocenters. The van der Waals surface area contributed by atoms with Crippen LogP contribution in [0, 0.1) is 0 Å². The van der Waals surface area contributed by atoms with Crippen LogP contribution in [0.2, 0.25) is 0 Å². The average Bonchev–Trinajstić information content (AvgIpc) is 2.74. The second-order valence-electron chi connectivity index (χ2n) is 9.55. The van der Waals surface area contributed by atoms with Gasteiger partial charge < -0.3 is 125 Å². The van der Waals surface area contributed by atoms with Gasteiger partial charge in [-0.2, -0.15) is 0 Å². The minimum atomic E-state index is -7.19. The molecule has 0 atom stereocenters.